The highest BCUT2D eigenvalue weighted by molar-refractivity contribution is 5.74. The van der Waals surface area contributed by atoms with E-state index in [-0.39, 0.29) is 11.8 Å². The number of benzene rings is 1. The molecule has 1 saturated carbocycles. The van der Waals surface area contributed by atoms with Gasteiger partial charge >= 0.3 is 6.03 Å². The number of morpholine rings is 1. The molecule has 1 aliphatic carbocycles. The van der Waals surface area contributed by atoms with Gasteiger partial charge in [-0.3, -0.25) is 4.90 Å². The zero-order valence-electron chi connectivity index (χ0n) is 13.8. The summed E-state index contributed by atoms with van der Waals surface area (Å²) in [7, 11) is 0. The number of hydrogen-bond acceptors (Lipinski definition) is 3. The lowest BCUT2D eigenvalue weighted by atomic mass is 10.0. The maximum atomic E-state index is 13.2. The second-order valence-corrected chi connectivity index (χ2v) is 7.07. The van der Waals surface area contributed by atoms with Crippen molar-refractivity contribution in [3.05, 3.63) is 35.6 Å². The summed E-state index contributed by atoms with van der Waals surface area (Å²) in [5, 5.41) is 2.90. The van der Waals surface area contributed by atoms with Gasteiger partial charge in [0.15, 0.2) is 0 Å². The first kappa shape index (κ1) is 15.8. The molecular weight excluding hydrogens is 309 g/mol. The van der Waals surface area contributed by atoms with Crippen LogP contribution in [0.2, 0.25) is 0 Å². The Labute approximate surface area is 141 Å². The number of urea groups is 1. The molecule has 0 bridgehead atoms. The molecule has 2 heterocycles. The number of nitrogens with zero attached hydrogens (tertiary/aromatic N) is 2. The molecule has 1 N–H and O–H groups in total. The molecule has 0 spiro atoms. The molecule has 24 heavy (non-hydrogen) atoms. The highest BCUT2D eigenvalue weighted by atomic mass is 19.1. The molecule has 4 rings (SSSR count). The van der Waals surface area contributed by atoms with Crippen LogP contribution in [0, 0.1) is 11.7 Å². The average molecular weight is 333 g/mol. The van der Waals surface area contributed by atoms with Gasteiger partial charge in [-0.2, -0.15) is 0 Å². The molecule has 6 heteroatoms. The number of rotatable bonds is 3. The number of ether oxygens (including phenoxy) is 1. The fourth-order valence-electron chi connectivity index (χ4n) is 3.88. The molecule has 0 aromatic heterocycles. The molecule has 2 aliphatic heterocycles. The lowest BCUT2D eigenvalue weighted by Crippen LogP contribution is -2.64. The summed E-state index contributed by atoms with van der Waals surface area (Å²) < 4.78 is 19.0. The van der Waals surface area contributed by atoms with Gasteiger partial charge < -0.3 is 15.0 Å². The zero-order valence-corrected chi connectivity index (χ0v) is 13.8. The van der Waals surface area contributed by atoms with Gasteiger partial charge in [0.05, 0.1) is 19.3 Å². The first-order valence-corrected chi connectivity index (χ1v) is 8.81. The maximum absolute atomic E-state index is 13.2. The third kappa shape index (κ3) is 3.39. The second-order valence-electron chi connectivity index (χ2n) is 7.07. The highest BCUT2D eigenvalue weighted by Crippen LogP contribution is 2.38. The first-order chi connectivity index (χ1) is 11.7. The fourth-order valence-corrected chi connectivity index (χ4v) is 3.88. The molecule has 130 valence electrons. The molecular formula is C18H24FN3O2. The van der Waals surface area contributed by atoms with Crippen LogP contribution >= 0.6 is 0 Å². The number of halogens is 1. The Morgan fingerprint density at radius 3 is 2.96 bits per heavy atom. The lowest BCUT2D eigenvalue weighted by molar-refractivity contribution is -0.0802. The first-order valence-electron chi connectivity index (χ1n) is 8.81. The number of fused-ring (bicyclic) bond motifs is 1. The Morgan fingerprint density at radius 2 is 2.17 bits per heavy atom. The Hall–Kier alpha value is -1.66. The van der Waals surface area contributed by atoms with Crippen molar-refractivity contribution in [1.29, 1.82) is 0 Å². The smallest absolute Gasteiger partial charge is 0.317 e. The average Bonchev–Trinajstić information content (AvgIpc) is 3.43. The van der Waals surface area contributed by atoms with Crippen molar-refractivity contribution in [2.45, 2.75) is 31.5 Å². The van der Waals surface area contributed by atoms with Crippen LogP contribution in [-0.4, -0.2) is 60.8 Å². The van der Waals surface area contributed by atoms with Crippen LogP contribution in [0.3, 0.4) is 0 Å². The predicted octanol–water partition coefficient (Wildman–Crippen LogP) is 1.83. The minimum Gasteiger partial charge on any atom is -0.378 e. The maximum Gasteiger partial charge on any atom is 0.317 e. The molecule has 1 aromatic rings. The number of piperazine rings is 1. The van der Waals surface area contributed by atoms with Crippen LogP contribution in [0.1, 0.15) is 18.4 Å². The second kappa shape index (κ2) is 6.69. The third-order valence-corrected chi connectivity index (χ3v) is 5.34. The van der Waals surface area contributed by atoms with E-state index in [4.69, 9.17) is 4.74 Å². The van der Waals surface area contributed by atoms with Crippen LogP contribution in [-0.2, 0) is 11.3 Å². The number of hydrogen-bond donors (Lipinski definition) is 1. The molecule has 0 unspecified atom stereocenters. The summed E-state index contributed by atoms with van der Waals surface area (Å²) in [4.78, 5) is 16.8. The number of amides is 2. The van der Waals surface area contributed by atoms with E-state index in [1.54, 1.807) is 6.07 Å². The largest absolute Gasteiger partial charge is 0.378 e. The van der Waals surface area contributed by atoms with Crippen molar-refractivity contribution in [3.63, 3.8) is 0 Å². The quantitative estimate of drug-likeness (QED) is 0.918. The van der Waals surface area contributed by atoms with Gasteiger partial charge in [0.2, 0.25) is 0 Å². The Morgan fingerprint density at radius 1 is 1.29 bits per heavy atom. The third-order valence-electron chi connectivity index (χ3n) is 5.34. The summed E-state index contributed by atoms with van der Waals surface area (Å²) in [5.41, 5.74) is 0.775. The van der Waals surface area contributed by atoms with Crippen molar-refractivity contribution in [3.8, 4) is 0 Å². The fraction of sp³-hybridized carbons (Fsp3) is 0.611. The minimum absolute atomic E-state index is 0.0764. The number of carbonyl (C=O) groups is 1. The molecule has 3 fully saturated rings. The van der Waals surface area contributed by atoms with Crippen LogP contribution in [0.25, 0.3) is 0 Å². The molecule has 5 nitrogen and oxygen atoms in total. The Bertz CT molecular complexity index is 608. The van der Waals surface area contributed by atoms with Crippen LogP contribution in [0.15, 0.2) is 24.3 Å². The molecule has 0 radical (unpaired) electrons. The Balaban J connectivity index is 1.31. The summed E-state index contributed by atoms with van der Waals surface area (Å²) in [6.45, 7) is 4.27. The van der Waals surface area contributed by atoms with Crippen LogP contribution < -0.4 is 5.32 Å². The van der Waals surface area contributed by atoms with Gasteiger partial charge in [-0.05, 0) is 36.5 Å². The van der Waals surface area contributed by atoms with E-state index < -0.39 is 0 Å². The summed E-state index contributed by atoms with van der Waals surface area (Å²) in [5.74, 6) is 0.516. The predicted molar refractivity (Wildman–Crippen MR) is 88.0 cm³/mol. The molecule has 1 aromatic carbocycles. The van der Waals surface area contributed by atoms with Crippen molar-refractivity contribution < 1.29 is 13.9 Å². The van der Waals surface area contributed by atoms with Gasteiger partial charge in [0.25, 0.3) is 0 Å². The van der Waals surface area contributed by atoms with Crippen LogP contribution in [0.5, 0.6) is 0 Å². The molecule has 2 saturated heterocycles. The van der Waals surface area contributed by atoms with Crippen molar-refractivity contribution in [2.24, 2.45) is 5.92 Å². The minimum atomic E-state index is -0.277. The number of carbonyl (C=O) groups excluding carboxylic acids is 1. The van der Waals surface area contributed by atoms with Gasteiger partial charge in [0, 0.05) is 32.2 Å². The van der Waals surface area contributed by atoms with E-state index in [2.05, 4.69) is 10.2 Å². The van der Waals surface area contributed by atoms with Crippen molar-refractivity contribution in [2.75, 3.05) is 32.8 Å². The normalized spacial score (nSPS) is 27.6. The topological polar surface area (TPSA) is 44.8 Å². The SMILES string of the molecule is O=C(NCc1cccc(F)c1)N1CCN2[C@@H](COC[C@@H]2C2CC2)C1. The van der Waals surface area contributed by atoms with Gasteiger partial charge in [-0.15, -0.1) is 0 Å². The van der Waals surface area contributed by atoms with E-state index in [1.807, 2.05) is 11.0 Å². The van der Waals surface area contributed by atoms with E-state index in [1.165, 1.54) is 25.0 Å². The molecule has 2 atom stereocenters. The van der Waals surface area contributed by atoms with E-state index in [0.29, 0.717) is 31.8 Å². The lowest BCUT2D eigenvalue weighted by Gasteiger charge is -2.48. The Kier molecular flexibility index (Phi) is 4.41. The molecule has 3 aliphatic rings. The van der Waals surface area contributed by atoms with E-state index >= 15 is 0 Å². The standard InChI is InChI=1S/C18H24FN3O2/c19-15-3-1-2-13(8-15)9-20-18(23)21-6-7-22-16(10-21)11-24-12-17(22)14-4-5-14/h1-3,8,14,16-17H,4-7,9-12H2,(H,20,23)/t16-,17-/m1/s1. The monoisotopic (exact) mass is 333 g/mol. The highest BCUT2D eigenvalue weighted by Gasteiger charge is 2.43. The van der Waals surface area contributed by atoms with Crippen molar-refractivity contribution >= 4 is 6.03 Å². The van der Waals surface area contributed by atoms with Gasteiger partial charge in [-0.1, -0.05) is 12.1 Å². The summed E-state index contributed by atoms with van der Waals surface area (Å²) >= 11 is 0. The summed E-state index contributed by atoms with van der Waals surface area (Å²) in [6.07, 6.45) is 2.63. The molecule has 2 amide bonds. The van der Waals surface area contributed by atoms with Crippen LogP contribution in [0.4, 0.5) is 9.18 Å². The van der Waals surface area contributed by atoms with Crippen molar-refractivity contribution in [1.82, 2.24) is 15.1 Å². The van der Waals surface area contributed by atoms with Gasteiger partial charge in [0.1, 0.15) is 5.82 Å². The van der Waals surface area contributed by atoms with Gasteiger partial charge in [-0.25, -0.2) is 9.18 Å². The van der Waals surface area contributed by atoms with E-state index in [9.17, 15) is 9.18 Å². The number of nitrogens with one attached hydrogen (secondary N) is 1. The van der Waals surface area contributed by atoms with E-state index in [0.717, 1.165) is 31.2 Å². The zero-order chi connectivity index (χ0) is 16.5. The summed E-state index contributed by atoms with van der Waals surface area (Å²) in [6, 6.07) is 7.10.